The molecule has 1 spiro atoms. The highest BCUT2D eigenvalue weighted by atomic mass is 16.5. The van der Waals surface area contributed by atoms with Gasteiger partial charge in [-0.1, -0.05) is 43.7 Å². The van der Waals surface area contributed by atoms with Crippen molar-refractivity contribution in [1.29, 1.82) is 0 Å². The Morgan fingerprint density at radius 3 is 2.61 bits per heavy atom. The van der Waals surface area contributed by atoms with E-state index in [1.54, 1.807) is 7.05 Å². The number of amides is 3. The number of rotatable bonds is 9. The molecule has 0 aliphatic carbocycles. The van der Waals surface area contributed by atoms with Crippen molar-refractivity contribution in [2.24, 2.45) is 11.8 Å². The fourth-order valence-electron chi connectivity index (χ4n) is 6.24. The Kier molecular flexibility index (Phi) is 6.51. The van der Waals surface area contributed by atoms with Crippen LogP contribution in [0, 0.1) is 11.8 Å². The van der Waals surface area contributed by atoms with Crippen molar-refractivity contribution < 1.29 is 24.2 Å². The lowest BCUT2D eigenvalue weighted by molar-refractivity contribution is -0.149. The lowest BCUT2D eigenvalue weighted by Gasteiger charge is -2.37. The Hall–Kier alpha value is -2.45. The van der Waals surface area contributed by atoms with Crippen LogP contribution >= 0.6 is 0 Å². The molecule has 0 radical (unpaired) electrons. The van der Waals surface area contributed by atoms with Crippen LogP contribution in [-0.2, 0) is 25.5 Å². The number of benzene rings is 1. The molecule has 2 unspecified atom stereocenters. The van der Waals surface area contributed by atoms with Crippen LogP contribution in [0.15, 0.2) is 30.3 Å². The third kappa shape index (κ3) is 3.73. The van der Waals surface area contributed by atoms with E-state index >= 15 is 0 Å². The molecule has 8 heteroatoms. The van der Waals surface area contributed by atoms with Gasteiger partial charge in [-0.25, -0.2) is 0 Å². The van der Waals surface area contributed by atoms with E-state index in [1.165, 1.54) is 4.90 Å². The normalized spacial score (nSPS) is 33.2. The number of hydrogen-bond acceptors (Lipinski definition) is 5. The van der Waals surface area contributed by atoms with Gasteiger partial charge in [0.05, 0.1) is 30.1 Å². The summed E-state index contributed by atoms with van der Waals surface area (Å²) in [5.74, 6) is -2.21. The fourth-order valence-corrected chi connectivity index (χ4v) is 6.24. The molecule has 8 nitrogen and oxygen atoms in total. The van der Waals surface area contributed by atoms with E-state index in [1.807, 2.05) is 44.2 Å². The molecule has 3 saturated heterocycles. The molecule has 4 rings (SSSR count). The second-order valence-corrected chi connectivity index (χ2v) is 9.76. The molecule has 0 aromatic heterocycles. The summed E-state index contributed by atoms with van der Waals surface area (Å²) >= 11 is 0. The molecule has 3 N–H and O–H groups in total. The van der Waals surface area contributed by atoms with Crippen molar-refractivity contribution in [2.75, 3.05) is 20.2 Å². The van der Waals surface area contributed by atoms with Crippen molar-refractivity contribution in [3.05, 3.63) is 35.9 Å². The van der Waals surface area contributed by atoms with Gasteiger partial charge in [-0.3, -0.25) is 14.4 Å². The Balaban J connectivity index is 1.74. The maximum atomic E-state index is 14.0. The van der Waals surface area contributed by atoms with Gasteiger partial charge >= 0.3 is 0 Å². The van der Waals surface area contributed by atoms with E-state index in [9.17, 15) is 19.5 Å². The number of nitrogens with zero attached hydrogens (tertiary/aromatic N) is 1. The number of nitrogens with one attached hydrogen (secondary N) is 2. The van der Waals surface area contributed by atoms with E-state index < -0.39 is 35.1 Å². The number of aliphatic hydroxyl groups excluding tert-OH is 1. The van der Waals surface area contributed by atoms with E-state index in [0.29, 0.717) is 25.8 Å². The van der Waals surface area contributed by atoms with Crippen LogP contribution in [0.1, 0.15) is 45.1 Å². The average molecular weight is 458 g/mol. The summed E-state index contributed by atoms with van der Waals surface area (Å²) in [6.45, 7) is 4.14. The zero-order chi connectivity index (χ0) is 23.8. The number of ether oxygens (including phenoxy) is 1. The zero-order valence-corrected chi connectivity index (χ0v) is 19.7. The minimum Gasteiger partial charge on any atom is -0.394 e. The second kappa shape index (κ2) is 9.06. The van der Waals surface area contributed by atoms with E-state index in [-0.39, 0.29) is 24.3 Å². The van der Waals surface area contributed by atoms with Crippen LogP contribution in [-0.4, -0.2) is 71.2 Å². The van der Waals surface area contributed by atoms with E-state index in [0.717, 1.165) is 18.4 Å². The zero-order valence-electron chi connectivity index (χ0n) is 19.7. The SMILES string of the molecule is CCCCNC(=O)C1N([C@@H](CO)Cc2ccccc2)C(=O)[C@@H]2[C@H](C(=O)NC)[C@]3(C)CCC12O3. The van der Waals surface area contributed by atoms with Crippen LogP contribution in [0.3, 0.4) is 0 Å². The molecule has 3 aliphatic rings. The highest BCUT2D eigenvalue weighted by Gasteiger charge is 2.78. The van der Waals surface area contributed by atoms with Gasteiger partial charge in [-0.15, -0.1) is 0 Å². The van der Waals surface area contributed by atoms with Crippen LogP contribution in [0.5, 0.6) is 0 Å². The number of carbonyl (C=O) groups is 3. The number of unbranched alkanes of at least 4 members (excludes halogenated alkanes) is 1. The Bertz CT molecular complexity index is 909. The first-order valence-electron chi connectivity index (χ1n) is 12.0. The summed E-state index contributed by atoms with van der Waals surface area (Å²) < 4.78 is 6.53. The lowest BCUT2D eigenvalue weighted by Crippen LogP contribution is -2.58. The first-order chi connectivity index (χ1) is 15.8. The van der Waals surface area contributed by atoms with Crippen molar-refractivity contribution in [1.82, 2.24) is 15.5 Å². The summed E-state index contributed by atoms with van der Waals surface area (Å²) in [5.41, 5.74) is -0.893. The molecule has 3 fully saturated rings. The van der Waals surface area contributed by atoms with Gasteiger partial charge in [0, 0.05) is 13.6 Å². The molecular formula is C25H35N3O5. The molecule has 2 bridgehead atoms. The summed E-state index contributed by atoms with van der Waals surface area (Å²) in [7, 11) is 1.56. The smallest absolute Gasteiger partial charge is 0.245 e. The molecule has 3 aliphatic heterocycles. The van der Waals surface area contributed by atoms with Crippen molar-refractivity contribution in [2.45, 2.75) is 69.2 Å². The van der Waals surface area contributed by atoms with Crippen molar-refractivity contribution in [3.8, 4) is 0 Å². The molecule has 1 aromatic carbocycles. The molecule has 180 valence electrons. The maximum Gasteiger partial charge on any atom is 0.245 e. The monoisotopic (exact) mass is 457 g/mol. The van der Waals surface area contributed by atoms with Gasteiger partial charge < -0.3 is 25.4 Å². The van der Waals surface area contributed by atoms with Crippen molar-refractivity contribution >= 4 is 17.7 Å². The summed E-state index contributed by atoms with van der Waals surface area (Å²) in [5, 5.41) is 16.0. The first kappa shape index (κ1) is 23.7. The van der Waals surface area contributed by atoms with Crippen LogP contribution in [0.25, 0.3) is 0 Å². The highest BCUT2D eigenvalue weighted by molar-refractivity contribution is 5.99. The fraction of sp³-hybridized carbons (Fsp3) is 0.640. The van der Waals surface area contributed by atoms with Gasteiger partial charge in [0.15, 0.2) is 0 Å². The van der Waals surface area contributed by atoms with E-state index in [2.05, 4.69) is 10.6 Å². The molecule has 3 amide bonds. The molecule has 0 saturated carbocycles. The van der Waals surface area contributed by atoms with Crippen LogP contribution < -0.4 is 10.6 Å². The maximum absolute atomic E-state index is 14.0. The van der Waals surface area contributed by atoms with Gasteiger partial charge in [-0.05, 0) is 38.2 Å². The molecule has 1 aromatic rings. The Labute approximate surface area is 195 Å². The van der Waals surface area contributed by atoms with Gasteiger partial charge in [0.2, 0.25) is 17.7 Å². The van der Waals surface area contributed by atoms with E-state index in [4.69, 9.17) is 4.74 Å². The number of aliphatic hydroxyl groups is 1. The Morgan fingerprint density at radius 2 is 1.97 bits per heavy atom. The summed E-state index contributed by atoms with van der Waals surface area (Å²) in [6, 6.07) is 8.12. The predicted octanol–water partition coefficient (Wildman–Crippen LogP) is 1.02. The topological polar surface area (TPSA) is 108 Å². The summed E-state index contributed by atoms with van der Waals surface area (Å²) in [6.07, 6.45) is 3.30. The second-order valence-electron chi connectivity index (χ2n) is 9.76. The third-order valence-corrected chi connectivity index (χ3v) is 7.74. The molecule has 6 atom stereocenters. The molecule has 3 heterocycles. The van der Waals surface area contributed by atoms with Gasteiger partial charge in [-0.2, -0.15) is 0 Å². The number of fused-ring (bicyclic) bond motifs is 1. The number of hydrogen-bond donors (Lipinski definition) is 3. The molecular weight excluding hydrogens is 422 g/mol. The molecule has 33 heavy (non-hydrogen) atoms. The average Bonchev–Trinajstić information content (AvgIpc) is 3.38. The lowest BCUT2D eigenvalue weighted by atomic mass is 9.66. The largest absolute Gasteiger partial charge is 0.394 e. The summed E-state index contributed by atoms with van der Waals surface area (Å²) in [4.78, 5) is 41.9. The van der Waals surface area contributed by atoms with Crippen LogP contribution in [0.2, 0.25) is 0 Å². The quantitative estimate of drug-likeness (QED) is 0.480. The third-order valence-electron chi connectivity index (χ3n) is 7.74. The van der Waals surface area contributed by atoms with Crippen molar-refractivity contribution in [3.63, 3.8) is 0 Å². The van der Waals surface area contributed by atoms with Gasteiger partial charge in [0.25, 0.3) is 0 Å². The number of carbonyl (C=O) groups excluding carboxylic acids is 3. The minimum absolute atomic E-state index is 0.243. The Morgan fingerprint density at radius 1 is 1.24 bits per heavy atom. The number of likely N-dealkylation sites (tertiary alicyclic amines) is 1. The predicted molar refractivity (Wildman–Crippen MR) is 122 cm³/mol. The highest BCUT2D eigenvalue weighted by Crippen LogP contribution is 2.63. The van der Waals surface area contributed by atoms with Gasteiger partial charge in [0.1, 0.15) is 11.6 Å². The standard InChI is InChI=1S/C25H35N3O5/c1-4-5-13-27-22(31)20-25-12-11-24(2,33-25)18(21(30)26-3)19(25)23(32)28(20)17(15-29)14-16-9-7-6-8-10-16/h6-10,17-20,29H,4-5,11-15H2,1-3H3,(H,26,30)(H,27,31)/t17-,18-,19+,20?,24+,25?/m1/s1. The minimum atomic E-state index is -1.07. The first-order valence-corrected chi connectivity index (χ1v) is 12.0. The van der Waals surface area contributed by atoms with Crippen LogP contribution in [0.4, 0.5) is 0 Å².